The predicted molar refractivity (Wildman–Crippen MR) is 114 cm³/mol. The van der Waals surface area contributed by atoms with Gasteiger partial charge < -0.3 is 10.1 Å². The van der Waals surface area contributed by atoms with Crippen molar-refractivity contribution in [1.82, 2.24) is 0 Å². The van der Waals surface area contributed by atoms with E-state index in [4.69, 9.17) is 16.3 Å². The number of benzene rings is 3. The van der Waals surface area contributed by atoms with Gasteiger partial charge in [0, 0.05) is 10.7 Å². The van der Waals surface area contributed by atoms with Crippen molar-refractivity contribution >= 4 is 40.4 Å². The maximum absolute atomic E-state index is 13.6. The van der Waals surface area contributed by atoms with Crippen molar-refractivity contribution in [2.24, 2.45) is 0 Å². The number of ether oxygens (including phenoxy) is 1. The largest absolute Gasteiger partial charge is 0.497 e. The standard InChI is InChI=1S/C23H16ClFN2O3/c1-30-19-11-9-18(10-12-19)27-22(28)20(14-5-7-15(24)8-6-14)21(23(27)29)26-17-4-2-3-16(25)13-17/h2-13,26H,1H3. The summed E-state index contributed by atoms with van der Waals surface area (Å²) < 4.78 is 18.8. The molecule has 0 aromatic heterocycles. The Morgan fingerprint density at radius 2 is 1.63 bits per heavy atom. The van der Waals surface area contributed by atoms with Gasteiger partial charge in [0.25, 0.3) is 11.8 Å². The van der Waals surface area contributed by atoms with Crippen LogP contribution in [-0.2, 0) is 9.59 Å². The van der Waals surface area contributed by atoms with Gasteiger partial charge in [-0.15, -0.1) is 0 Å². The SMILES string of the molecule is COc1ccc(N2C(=O)C(Nc3cccc(F)c3)=C(c3ccc(Cl)cc3)C2=O)cc1. The number of hydrogen-bond acceptors (Lipinski definition) is 4. The molecule has 3 aromatic carbocycles. The van der Waals surface area contributed by atoms with Crippen molar-refractivity contribution < 1.29 is 18.7 Å². The fraction of sp³-hybridized carbons (Fsp3) is 0.0435. The Bertz CT molecular complexity index is 1160. The van der Waals surface area contributed by atoms with Crippen LogP contribution < -0.4 is 15.0 Å². The zero-order valence-electron chi connectivity index (χ0n) is 15.9. The van der Waals surface area contributed by atoms with Crippen LogP contribution >= 0.6 is 11.6 Å². The third-order valence-electron chi connectivity index (χ3n) is 4.64. The first-order chi connectivity index (χ1) is 14.5. The predicted octanol–water partition coefficient (Wildman–Crippen LogP) is 4.88. The molecule has 0 unspecified atom stereocenters. The minimum absolute atomic E-state index is 0.0590. The number of nitrogens with zero attached hydrogens (tertiary/aromatic N) is 1. The smallest absolute Gasteiger partial charge is 0.282 e. The quantitative estimate of drug-likeness (QED) is 0.595. The molecule has 1 heterocycles. The summed E-state index contributed by atoms with van der Waals surface area (Å²) in [4.78, 5) is 27.6. The Kier molecular flexibility index (Phi) is 5.25. The van der Waals surface area contributed by atoms with Crippen LogP contribution in [0.5, 0.6) is 5.75 Å². The minimum atomic E-state index is -0.542. The second-order valence-corrected chi connectivity index (χ2v) is 6.97. The van der Waals surface area contributed by atoms with Crippen molar-refractivity contribution in [2.75, 3.05) is 17.3 Å². The molecule has 0 fully saturated rings. The van der Waals surface area contributed by atoms with Crippen molar-refractivity contribution in [2.45, 2.75) is 0 Å². The molecule has 0 saturated heterocycles. The summed E-state index contributed by atoms with van der Waals surface area (Å²) in [6.45, 7) is 0. The highest BCUT2D eigenvalue weighted by Crippen LogP contribution is 2.34. The van der Waals surface area contributed by atoms with Gasteiger partial charge in [-0.3, -0.25) is 9.59 Å². The molecule has 0 aliphatic carbocycles. The Morgan fingerprint density at radius 3 is 2.27 bits per heavy atom. The number of imide groups is 1. The van der Waals surface area contributed by atoms with Crippen LogP contribution in [0.3, 0.4) is 0 Å². The van der Waals surface area contributed by atoms with Crippen LogP contribution in [0.4, 0.5) is 15.8 Å². The van der Waals surface area contributed by atoms with Gasteiger partial charge in [0.15, 0.2) is 0 Å². The average molecular weight is 423 g/mol. The van der Waals surface area contributed by atoms with Gasteiger partial charge in [-0.25, -0.2) is 9.29 Å². The number of anilines is 2. The molecule has 5 nitrogen and oxygen atoms in total. The molecule has 0 saturated carbocycles. The van der Waals surface area contributed by atoms with E-state index < -0.39 is 17.6 Å². The fourth-order valence-corrected chi connectivity index (χ4v) is 3.33. The molecule has 4 rings (SSSR count). The topological polar surface area (TPSA) is 58.6 Å². The summed E-state index contributed by atoms with van der Waals surface area (Å²) in [5.74, 6) is -0.898. The summed E-state index contributed by atoms with van der Waals surface area (Å²) >= 11 is 5.97. The number of carbonyl (C=O) groups is 2. The van der Waals surface area contributed by atoms with E-state index in [9.17, 15) is 14.0 Å². The molecule has 1 aliphatic rings. The monoisotopic (exact) mass is 422 g/mol. The third kappa shape index (κ3) is 3.65. The minimum Gasteiger partial charge on any atom is -0.497 e. The van der Waals surface area contributed by atoms with Gasteiger partial charge in [-0.05, 0) is 60.2 Å². The second-order valence-electron chi connectivity index (χ2n) is 6.54. The van der Waals surface area contributed by atoms with Crippen LogP contribution in [-0.4, -0.2) is 18.9 Å². The highest BCUT2D eigenvalue weighted by Gasteiger charge is 2.40. The Hall–Kier alpha value is -3.64. The van der Waals surface area contributed by atoms with Gasteiger partial charge in [0.2, 0.25) is 0 Å². The van der Waals surface area contributed by atoms with E-state index in [0.29, 0.717) is 27.7 Å². The molecule has 2 amide bonds. The lowest BCUT2D eigenvalue weighted by molar-refractivity contribution is -0.120. The molecule has 0 spiro atoms. The van der Waals surface area contributed by atoms with Crippen molar-refractivity contribution in [3.63, 3.8) is 0 Å². The number of amides is 2. The molecule has 7 heteroatoms. The van der Waals surface area contributed by atoms with Crippen LogP contribution in [0.25, 0.3) is 5.57 Å². The summed E-state index contributed by atoms with van der Waals surface area (Å²) in [5.41, 5.74) is 1.51. The van der Waals surface area contributed by atoms with Crippen LogP contribution in [0, 0.1) is 5.82 Å². The number of halogens is 2. The average Bonchev–Trinajstić information content (AvgIpc) is 2.98. The Labute approximate surface area is 177 Å². The molecule has 150 valence electrons. The maximum Gasteiger partial charge on any atom is 0.282 e. The first kappa shape index (κ1) is 19.7. The van der Waals surface area contributed by atoms with E-state index in [1.165, 1.54) is 25.3 Å². The summed E-state index contributed by atoms with van der Waals surface area (Å²) in [5, 5.41) is 3.42. The number of rotatable bonds is 5. The summed E-state index contributed by atoms with van der Waals surface area (Å²) in [7, 11) is 1.53. The van der Waals surface area contributed by atoms with Gasteiger partial charge in [-0.1, -0.05) is 29.8 Å². The van der Waals surface area contributed by atoms with E-state index in [1.54, 1.807) is 54.6 Å². The lowest BCUT2D eigenvalue weighted by atomic mass is 10.0. The van der Waals surface area contributed by atoms with Crippen molar-refractivity contribution in [3.05, 3.63) is 94.9 Å². The summed E-state index contributed by atoms with van der Waals surface area (Å²) in [6, 6.07) is 18.8. The lowest BCUT2D eigenvalue weighted by Gasteiger charge is -2.16. The highest BCUT2D eigenvalue weighted by atomic mass is 35.5. The van der Waals surface area contributed by atoms with Crippen LogP contribution in [0.15, 0.2) is 78.5 Å². The van der Waals surface area contributed by atoms with E-state index in [-0.39, 0.29) is 11.3 Å². The van der Waals surface area contributed by atoms with E-state index in [2.05, 4.69) is 5.32 Å². The van der Waals surface area contributed by atoms with Gasteiger partial charge in [-0.2, -0.15) is 0 Å². The Morgan fingerprint density at radius 1 is 0.933 bits per heavy atom. The van der Waals surface area contributed by atoms with Gasteiger partial charge in [0.1, 0.15) is 17.3 Å². The van der Waals surface area contributed by atoms with E-state index in [0.717, 1.165) is 4.90 Å². The fourth-order valence-electron chi connectivity index (χ4n) is 3.21. The number of nitrogens with one attached hydrogen (secondary N) is 1. The van der Waals surface area contributed by atoms with Crippen LogP contribution in [0.1, 0.15) is 5.56 Å². The first-order valence-electron chi connectivity index (χ1n) is 9.03. The van der Waals surface area contributed by atoms with E-state index in [1.807, 2.05) is 0 Å². The van der Waals surface area contributed by atoms with Crippen molar-refractivity contribution in [3.8, 4) is 5.75 Å². The zero-order chi connectivity index (χ0) is 21.3. The normalized spacial score (nSPS) is 13.8. The maximum atomic E-state index is 13.6. The third-order valence-corrected chi connectivity index (χ3v) is 4.89. The second kappa shape index (κ2) is 8.00. The summed E-state index contributed by atoms with van der Waals surface area (Å²) in [6.07, 6.45) is 0. The number of methoxy groups -OCH3 is 1. The zero-order valence-corrected chi connectivity index (χ0v) is 16.6. The lowest BCUT2D eigenvalue weighted by Crippen LogP contribution is -2.32. The molecule has 3 aromatic rings. The van der Waals surface area contributed by atoms with Crippen molar-refractivity contribution in [1.29, 1.82) is 0 Å². The molecule has 30 heavy (non-hydrogen) atoms. The van der Waals surface area contributed by atoms with Gasteiger partial charge in [0.05, 0.1) is 18.4 Å². The van der Waals surface area contributed by atoms with Gasteiger partial charge >= 0.3 is 0 Å². The molecule has 0 atom stereocenters. The number of carbonyl (C=O) groups excluding carboxylic acids is 2. The first-order valence-corrected chi connectivity index (χ1v) is 9.41. The highest BCUT2D eigenvalue weighted by molar-refractivity contribution is 6.46. The number of hydrogen-bond donors (Lipinski definition) is 1. The van der Waals surface area contributed by atoms with Crippen LogP contribution in [0.2, 0.25) is 5.02 Å². The molecule has 0 bridgehead atoms. The van der Waals surface area contributed by atoms with E-state index >= 15 is 0 Å². The molecule has 1 N–H and O–H groups in total. The molecular formula is C23H16ClFN2O3. The Balaban J connectivity index is 1.80. The molecular weight excluding hydrogens is 407 g/mol. The molecule has 0 radical (unpaired) electrons. The molecule has 1 aliphatic heterocycles.